The minimum atomic E-state index is -0.138. The molecule has 6 heteroatoms. The van der Waals surface area contributed by atoms with Crippen LogP contribution in [0, 0.1) is 0 Å². The molecule has 0 saturated carbocycles. The summed E-state index contributed by atoms with van der Waals surface area (Å²) in [6.45, 7) is 0.963. The quantitative estimate of drug-likeness (QED) is 0.426. The average molecular weight is 430 g/mol. The summed E-state index contributed by atoms with van der Waals surface area (Å²) in [6, 6.07) is 27.4. The number of methoxy groups -OCH3 is 1. The van der Waals surface area contributed by atoms with E-state index in [2.05, 4.69) is 22.4 Å². The molecule has 0 amide bonds. The first-order chi connectivity index (χ1) is 15.1. The van der Waals surface area contributed by atoms with Gasteiger partial charge in [-0.05, 0) is 53.5 Å². The van der Waals surface area contributed by atoms with Crippen molar-refractivity contribution in [2.45, 2.75) is 13.1 Å². The number of aromatic nitrogens is 1. The number of nitrogens with one attached hydrogen (secondary N) is 2. The Labute approximate surface area is 186 Å². The van der Waals surface area contributed by atoms with Gasteiger partial charge in [0.05, 0.1) is 19.2 Å². The van der Waals surface area contributed by atoms with E-state index in [9.17, 15) is 4.79 Å². The molecule has 5 nitrogen and oxygen atoms in total. The van der Waals surface area contributed by atoms with E-state index in [1.54, 1.807) is 7.11 Å². The zero-order valence-electron chi connectivity index (χ0n) is 17.2. The van der Waals surface area contributed by atoms with Crippen LogP contribution in [-0.2, 0) is 13.1 Å². The lowest BCUT2D eigenvalue weighted by atomic mass is 10.1. The second kappa shape index (κ2) is 9.45. The number of fused-ring (bicyclic) bond motifs is 1. The van der Waals surface area contributed by atoms with Crippen LogP contribution in [0.1, 0.15) is 11.1 Å². The monoisotopic (exact) mass is 429 g/mol. The SMILES string of the molecule is COc1ccc2cc(CN(Cc3ccccc3)C(=S)Nc3ccccc3)c(=O)[nH]c2c1. The number of hydrogen-bond donors (Lipinski definition) is 2. The highest BCUT2D eigenvalue weighted by Gasteiger charge is 2.14. The van der Waals surface area contributed by atoms with Crippen molar-refractivity contribution in [3.05, 3.63) is 106 Å². The molecule has 4 aromatic rings. The van der Waals surface area contributed by atoms with Crippen molar-refractivity contribution in [1.82, 2.24) is 9.88 Å². The van der Waals surface area contributed by atoms with Crippen molar-refractivity contribution in [2.75, 3.05) is 12.4 Å². The van der Waals surface area contributed by atoms with Crippen LogP contribution in [0.3, 0.4) is 0 Å². The minimum absolute atomic E-state index is 0.138. The van der Waals surface area contributed by atoms with Crippen LogP contribution in [0.15, 0.2) is 89.7 Å². The Hall–Kier alpha value is -3.64. The molecule has 0 fully saturated rings. The molecule has 156 valence electrons. The number of thiocarbonyl (C=S) groups is 1. The van der Waals surface area contributed by atoms with Gasteiger partial charge in [-0.25, -0.2) is 0 Å². The van der Waals surface area contributed by atoms with Crippen molar-refractivity contribution >= 4 is 33.9 Å². The van der Waals surface area contributed by atoms with E-state index in [0.29, 0.717) is 29.5 Å². The van der Waals surface area contributed by atoms with E-state index < -0.39 is 0 Å². The maximum Gasteiger partial charge on any atom is 0.253 e. The number of benzene rings is 3. The maximum absolute atomic E-state index is 12.8. The maximum atomic E-state index is 12.8. The lowest BCUT2D eigenvalue weighted by molar-refractivity contribution is 0.411. The van der Waals surface area contributed by atoms with Gasteiger partial charge in [0.2, 0.25) is 0 Å². The summed E-state index contributed by atoms with van der Waals surface area (Å²) in [6.07, 6.45) is 0. The van der Waals surface area contributed by atoms with E-state index >= 15 is 0 Å². The molecule has 0 saturated heterocycles. The molecule has 0 unspecified atom stereocenters. The van der Waals surface area contributed by atoms with Crippen LogP contribution < -0.4 is 15.6 Å². The van der Waals surface area contributed by atoms with E-state index in [0.717, 1.165) is 22.2 Å². The largest absolute Gasteiger partial charge is 0.497 e. The lowest BCUT2D eigenvalue weighted by Crippen LogP contribution is -2.35. The number of anilines is 1. The van der Waals surface area contributed by atoms with Crippen molar-refractivity contribution in [1.29, 1.82) is 0 Å². The molecule has 0 aliphatic carbocycles. The molecule has 31 heavy (non-hydrogen) atoms. The Morgan fingerprint density at radius 1 is 0.968 bits per heavy atom. The van der Waals surface area contributed by atoms with E-state index in [1.165, 1.54) is 0 Å². The van der Waals surface area contributed by atoms with Gasteiger partial charge in [0.15, 0.2) is 5.11 Å². The molecule has 1 aromatic heterocycles. The first kappa shape index (κ1) is 20.6. The fourth-order valence-corrected chi connectivity index (χ4v) is 3.65. The minimum Gasteiger partial charge on any atom is -0.497 e. The number of hydrogen-bond acceptors (Lipinski definition) is 3. The number of H-pyrrole nitrogens is 1. The van der Waals surface area contributed by atoms with E-state index in [4.69, 9.17) is 17.0 Å². The summed E-state index contributed by atoms with van der Waals surface area (Å²) in [5.74, 6) is 0.704. The van der Waals surface area contributed by atoms with Crippen LogP contribution in [0.4, 0.5) is 5.69 Å². The molecule has 1 heterocycles. The van der Waals surface area contributed by atoms with Gasteiger partial charge in [-0.3, -0.25) is 4.79 Å². The summed E-state index contributed by atoms with van der Waals surface area (Å²) in [5.41, 5.74) is 3.27. The first-order valence-corrected chi connectivity index (χ1v) is 10.4. The standard InChI is InChI=1S/C25H23N3O2S/c1-30-22-13-12-19-14-20(24(29)27-23(19)15-22)17-28(16-18-8-4-2-5-9-18)25(31)26-21-10-6-3-7-11-21/h2-15H,16-17H2,1H3,(H,26,31)(H,27,29). The van der Waals surface area contributed by atoms with E-state index in [1.807, 2.05) is 77.7 Å². The van der Waals surface area contributed by atoms with Crippen molar-refractivity contribution in [3.63, 3.8) is 0 Å². The second-order valence-corrected chi connectivity index (χ2v) is 7.60. The van der Waals surface area contributed by atoms with Gasteiger partial charge in [0.25, 0.3) is 5.56 Å². The predicted molar refractivity (Wildman–Crippen MR) is 129 cm³/mol. The third-order valence-corrected chi connectivity index (χ3v) is 5.38. The van der Waals surface area contributed by atoms with Crippen molar-refractivity contribution in [3.8, 4) is 5.75 Å². The highest BCUT2D eigenvalue weighted by Crippen LogP contribution is 2.20. The fourth-order valence-electron chi connectivity index (χ4n) is 3.40. The third kappa shape index (κ3) is 5.10. The topological polar surface area (TPSA) is 57.4 Å². The summed E-state index contributed by atoms with van der Waals surface area (Å²) < 4.78 is 5.26. The molecule has 0 radical (unpaired) electrons. The number of aromatic amines is 1. The van der Waals surface area contributed by atoms with E-state index in [-0.39, 0.29) is 5.56 Å². The second-order valence-electron chi connectivity index (χ2n) is 7.21. The molecule has 0 aliphatic heterocycles. The van der Waals surface area contributed by atoms with Crippen LogP contribution >= 0.6 is 12.2 Å². The number of ether oxygens (including phenoxy) is 1. The Morgan fingerprint density at radius 2 is 1.68 bits per heavy atom. The molecule has 0 atom stereocenters. The first-order valence-electron chi connectivity index (χ1n) is 9.97. The van der Waals surface area contributed by atoms with Gasteiger partial charge in [0, 0.05) is 23.9 Å². The summed E-state index contributed by atoms with van der Waals surface area (Å²) in [4.78, 5) is 17.8. The number of pyridine rings is 1. The highest BCUT2D eigenvalue weighted by atomic mass is 32.1. The Bertz CT molecular complexity index is 1240. The zero-order valence-corrected chi connectivity index (χ0v) is 18.0. The average Bonchev–Trinajstić information content (AvgIpc) is 2.80. The molecule has 0 aliphatic rings. The van der Waals surface area contributed by atoms with Gasteiger partial charge in [0.1, 0.15) is 5.75 Å². The lowest BCUT2D eigenvalue weighted by Gasteiger charge is -2.26. The molecule has 0 spiro atoms. The summed E-state index contributed by atoms with van der Waals surface area (Å²) >= 11 is 5.71. The van der Waals surface area contributed by atoms with Crippen LogP contribution in [-0.4, -0.2) is 22.1 Å². The van der Waals surface area contributed by atoms with Gasteiger partial charge in [-0.1, -0.05) is 48.5 Å². The Morgan fingerprint density at radius 3 is 2.39 bits per heavy atom. The number of para-hydroxylation sites is 1. The predicted octanol–water partition coefficient (Wildman–Crippen LogP) is 4.94. The molecule has 0 bridgehead atoms. The van der Waals surface area contributed by atoms with Crippen molar-refractivity contribution in [2.24, 2.45) is 0 Å². The van der Waals surface area contributed by atoms with Crippen LogP contribution in [0.2, 0.25) is 0 Å². The highest BCUT2D eigenvalue weighted by molar-refractivity contribution is 7.80. The molecule has 4 rings (SSSR count). The molecular weight excluding hydrogens is 406 g/mol. The number of rotatable bonds is 6. The van der Waals surface area contributed by atoms with Gasteiger partial charge in [-0.15, -0.1) is 0 Å². The van der Waals surface area contributed by atoms with Gasteiger partial charge < -0.3 is 19.9 Å². The van der Waals surface area contributed by atoms with Gasteiger partial charge >= 0.3 is 0 Å². The third-order valence-electron chi connectivity index (χ3n) is 5.02. The summed E-state index contributed by atoms with van der Waals surface area (Å²) in [5, 5.41) is 4.78. The molecular formula is C25H23N3O2S. The molecule has 2 N–H and O–H groups in total. The Balaban J connectivity index is 1.64. The molecule has 3 aromatic carbocycles. The normalized spacial score (nSPS) is 10.6. The zero-order chi connectivity index (χ0) is 21.6. The Kier molecular flexibility index (Phi) is 6.29. The van der Waals surface area contributed by atoms with Crippen molar-refractivity contribution < 1.29 is 4.74 Å². The van der Waals surface area contributed by atoms with Crippen LogP contribution in [0.5, 0.6) is 5.75 Å². The number of nitrogens with zero attached hydrogens (tertiary/aromatic N) is 1. The summed E-state index contributed by atoms with van der Waals surface area (Å²) in [7, 11) is 1.61. The fraction of sp³-hybridized carbons (Fsp3) is 0.120. The smallest absolute Gasteiger partial charge is 0.253 e. The van der Waals surface area contributed by atoms with Gasteiger partial charge in [-0.2, -0.15) is 0 Å². The van der Waals surface area contributed by atoms with Crippen LogP contribution in [0.25, 0.3) is 10.9 Å².